The maximum Gasteiger partial charge on any atom is 0.172 e. The van der Waals surface area contributed by atoms with Crippen LogP contribution in [0.1, 0.15) is 39.5 Å². The lowest BCUT2D eigenvalue weighted by Gasteiger charge is -2.48. The lowest BCUT2D eigenvalue weighted by atomic mass is 9.77. The fraction of sp³-hybridized carbons (Fsp3) is 0.857. The van der Waals surface area contributed by atoms with Crippen LogP contribution in [-0.4, -0.2) is 29.7 Å². The number of ether oxygens (including phenoxy) is 2. The molecule has 3 heteroatoms. The molecule has 98 valence electrons. The van der Waals surface area contributed by atoms with Crippen LogP contribution >= 0.6 is 0 Å². The molecule has 0 aromatic carbocycles. The van der Waals surface area contributed by atoms with Crippen LogP contribution in [0, 0.1) is 11.8 Å². The smallest absolute Gasteiger partial charge is 0.172 e. The van der Waals surface area contributed by atoms with Crippen molar-refractivity contribution in [3.8, 4) is 0 Å². The molecule has 17 heavy (non-hydrogen) atoms. The van der Waals surface area contributed by atoms with Gasteiger partial charge >= 0.3 is 0 Å². The molecule has 0 radical (unpaired) electrons. The Hall–Kier alpha value is -0.380. The average molecular weight is 240 g/mol. The van der Waals surface area contributed by atoms with Gasteiger partial charge in [0, 0.05) is 18.9 Å². The van der Waals surface area contributed by atoms with Gasteiger partial charge in [0.1, 0.15) is 0 Å². The molecular weight excluding hydrogens is 216 g/mol. The Kier molecular flexibility index (Phi) is 3.91. The van der Waals surface area contributed by atoms with Gasteiger partial charge in [0.15, 0.2) is 5.79 Å². The van der Waals surface area contributed by atoms with Gasteiger partial charge in [-0.15, -0.1) is 6.58 Å². The third-order valence-electron chi connectivity index (χ3n) is 4.37. The first-order valence-electron chi connectivity index (χ1n) is 6.71. The molecule has 0 aliphatic carbocycles. The van der Waals surface area contributed by atoms with E-state index in [0.717, 1.165) is 25.9 Å². The molecule has 0 aromatic rings. The molecule has 2 fully saturated rings. The Balaban J connectivity index is 2.18. The molecule has 2 aliphatic rings. The van der Waals surface area contributed by atoms with Crippen LogP contribution in [0.5, 0.6) is 0 Å². The molecule has 0 saturated carbocycles. The van der Waals surface area contributed by atoms with Crippen molar-refractivity contribution in [2.24, 2.45) is 11.8 Å². The van der Waals surface area contributed by atoms with Crippen molar-refractivity contribution in [2.75, 3.05) is 6.61 Å². The molecule has 0 aromatic heterocycles. The summed E-state index contributed by atoms with van der Waals surface area (Å²) in [5.41, 5.74) is 0. The Bertz CT molecular complexity index is 279. The summed E-state index contributed by atoms with van der Waals surface area (Å²) in [5.74, 6) is -0.674. The van der Waals surface area contributed by atoms with E-state index < -0.39 is 5.79 Å². The zero-order valence-electron chi connectivity index (χ0n) is 10.9. The van der Waals surface area contributed by atoms with E-state index in [1.54, 1.807) is 6.08 Å². The Morgan fingerprint density at radius 3 is 2.88 bits per heavy atom. The summed E-state index contributed by atoms with van der Waals surface area (Å²) in [5, 5.41) is 10.6. The lowest BCUT2D eigenvalue weighted by molar-refractivity contribution is -0.318. The predicted molar refractivity (Wildman–Crippen MR) is 66.6 cm³/mol. The quantitative estimate of drug-likeness (QED) is 0.754. The first-order valence-corrected chi connectivity index (χ1v) is 6.71. The Morgan fingerprint density at radius 1 is 1.41 bits per heavy atom. The number of hydrogen-bond acceptors (Lipinski definition) is 3. The average Bonchev–Trinajstić information content (AvgIpc) is 2.52. The van der Waals surface area contributed by atoms with Crippen molar-refractivity contribution < 1.29 is 14.6 Å². The van der Waals surface area contributed by atoms with Gasteiger partial charge in [-0.05, 0) is 25.2 Å². The van der Waals surface area contributed by atoms with E-state index in [0.29, 0.717) is 12.3 Å². The first-order chi connectivity index (χ1) is 8.08. The molecule has 2 rings (SSSR count). The van der Waals surface area contributed by atoms with E-state index in [1.165, 1.54) is 0 Å². The van der Waals surface area contributed by atoms with Crippen LogP contribution in [0.2, 0.25) is 0 Å². The first kappa shape index (κ1) is 13.1. The maximum absolute atomic E-state index is 10.6. The van der Waals surface area contributed by atoms with Crippen molar-refractivity contribution in [1.29, 1.82) is 0 Å². The summed E-state index contributed by atoms with van der Waals surface area (Å²) in [7, 11) is 0. The highest BCUT2D eigenvalue weighted by molar-refractivity contribution is 4.96. The highest BCUT2D eigenvalue weighted by Crippen LogP contribution is 2.42. The van der Waals surface area contributed by atoms with Crippen LogP contribution < -0.4 is 0 Å². The topological polar surface area (TPSA) is 38.7 Å². The van der Waals surface area contributed by atoms with Crippen LogP contribution in [0.4, 0.5) is 0 Å². The van der Waals surface area contributed by atoms with Crippen molar-refractivity contribution in [2.45, 2.75) is 57.5 Å². The maximum atomic E-state index is 10.6. The summed E-state index contributed by atoms with van der Waals surface area (Å²) in [6.07, 6.45) is 5.60. The second-order valence-electron chi connectivity index (χ2n) is 5.47. The van der Waals surface area contributed by atoms with Crippen molar-refractivity contribution >= 4 is 0 Å². The zero-order chi connectivity index (χ0) is 12.5. The molecule has 0 unspecified atom stereocenters. The van der Waals surface area contributed by atoms with E-state index in [2.05, 4.69) is 13.5 Å². The normalized spacial score (nSPS) is 47.0. The van der Waals surface area contributed by atoms with Crippen LogP contribution in [0.25, 0.3) is 0 Å². The zero-order valence-corrected chi connectivity index (χ0v) is 10.9. The second-order valence-corrected chi connectivity index (χ2v) is 5.47. The summed E-state index contributed by atoms with van der Waals surface area (Å²) in [6.45, 7) is 8.73. The SMILES string of the molecule is C=CC[C@@]1(O)O[C@H]2CCCCO[C@@H]2[C@@H](C)[C@@H]1C. The summed E-state index contributed by atoms with van der Waals surface area (Å²) in [6, 6.07) is 0. The van der Waals surface area contributed by atoms with Gasteiger partial charge in [-0.2, -0.15) is 0 Å². The number of fused-ring (bicyclic) bond motifs is 1. The molecule has 0 bridgehead atoms. The van der Waals surface area contributed by atoms with Crippen molar-refractivity contribution in [1.82, 2.24) is 0 Å². The van der Waals surface area contributed by atoms with E-state index >= 15 is 0 Å². The standard InChI is InChI=1S/C14H24O3/c1-4-8-14(15)11(3)10(2)13-12(17-14)7-5-6-9-16-13/h4,10-13,15H,1,5-9H2,2-3H3/t10-,11-,12-,13+,14+/m0/s1. The van der Waals surface area contributed by atoms with Crippen molar-refractivity contribution in [3.05, 3.63) is 12.7 Å². The molecule has 0 spiro atoms. The molecule has 3 nitrogen and oxygen atoms in total. The summed E-state index contributed by atoms with van der Waals surface area (Å²) >= 11 is 0. The van der Waals surface area contributed by atoms with Crippen LogP contribution in [-0.2, 0) is 9.47 Å². The summed E-state index contributed by atoms with van der Waals surface area (Å²) < 4.78 is 11.8. The third kappa shape index (κ3) is 2.42. The lowest BCUT2D eigenvalue weighted by Crippen LogP contribution is -2.57. The van der Waals surface area contributed by atoms with E-state index in [9.17, 15) is 5.11 Å². The van der Waals surface area contributed by atoms with Crippen molar-refractivity contribution in [3.63, 3.8) is 0 Å². The minimum absolute atomic E-state index is 0.0358. The molecule has 2 saturated heterocycles. The molecule has 0 amide bonds. The minimum atomic E-state index is -1.06. The second kappa shape index (κ2) is 5.09. The number of hydrogen-bond donors (Lipinski definition) is 1. The van der Waals surface area contributed by atoms with E-state index in [-0.39, 0.29) is 18.1 Å². The van der Waals surface area contributed by atoms with Gasteiger partial charge in [0.2, 0.25) is 0 Å². The van der Waals surface area contributed by atoms with Gasteiger partial charge in [-0.1, -0.05) is 19.9 Å². The number of rotatable bonds is 2. The van der Waals surface area contributed by atoms with Gasteiger partial charge in [-0.3, -0.25) is 0 Å². The third-order valence-corrected chi connectivity index (χ3v) is 4.37. The highest BCUT2D eigenvalue weighted by atomic mass is 16.6. The van der Waals surface area contributed by atoms with E-state index in [1.807, 2.05) is 6.92 Å². The Morgan fingerprint density at radius 2 is 2.18 bits per heavy atom. The highest BCUT2D eigenvalue weighted by Gasteiger charge is 2.49. The monoisotopic (exact) mass is 240 g/mol. The van der Waals surface area contributed by atoms with Gasteiger partial charge < -0.3 is 14.6 Å². The van der Waals surface area contributed by atoms with Gasteiger partial charge in [0.25, 0.3) is 0 Å². The molecular formula is C14H24O3. The molecule has 5 atom stereocenters. The largest absolute Gasteiger partial charge is 0.375 e. The molecule has 1 N–H and O–H groups in total. The fourth-order valence-corrected chi connectivity index (χ4v) is 3.06. The van der Waals surface area contributed by atoms with E-state index in [4.69, 9.17) is 9.47 Å². The van der Waals surface area contributed by atoms with Crippen LogP contribution in [0.15, 0.2) is 12.7 Å². The Labute approximate surface area is 104 Å². The minimum Gasteiger partial charge on any atom is -0.375 e. The van der Waals surface area contributed by atoms with Crippen LogP contribution in [0.3, 0.4) is 0 Å². The van der Waals surface area contributed by atoms with Gasteiger partial charge in [0.05, 0.1) is 12.2 Å². The predicted octanol–water partition coefficient (Wildman–Crippen LogP) is 2.49. The number of aliphatic hydroxyl groups is 1. The molecule has 2 aliphatic heterocycles. The van der Waals surface area contributed by atoms with Gasteiger partial charge in [-0.25, -0.2) is 0 Å². The fourth-order valence-electron chi connectivity index (χ4n) is 3.06. The summed E-state index contributed by atoms with van der Waals surface area (Å²) in [4.78, 5) is 0. The molecule has 2 heterocycles.